The van der Waals surface area contributed by atoms with Crippen LogP contribution in [0.4, 0.5) is 0 Å². The summed E-state index contributed by atoms with van der Waals surface area (Å²) in [5, 5.41) is 3.39. The average Bonchev–Trinajstić information content (AvgIpc) is 2.90. The molecule has 1 aromatic rings. The highest BCUT2D eigenvalue weighted by Crippen LogP contribution is 2.32. The molecule has 0 bridgehead atoms. The van der Waals surface area contributed by atoms with Crippen molar-refractivity contribution < 1.29 is 9.47 Å². The van der Waals surface area contributed by atoms with Crippen molar-refractivity contribution in [1.29, 1.82) is 0 Å². The van der Waals surface area contributed by atoms with E-state index in [1.165, 1.54) is 18.4 Å². The maximum absolute atomic E-state index is 5.73. The van der Waals surface area contributed by atoms with Gasteiger partial charge < -0.3 is 14.8 Å². The summed E-state index contributed by atoms with van der Waals surface area (Å²) >= 11 is 3.65. The Bertz CT molecular complexity index is 405. The molecule has 4 heteroatoms. The first-order valence-corrected chi connectivity index (χ1v) is 7.75. The molecule has 0 saturated carbocycles. The topological polar surface area (TPSA) is 30.5 Å². The standard InChI is InChI=1S/C15H22BrNO2/c1-3-18-12-6-7-13(14(16)9-12)15(17-2)10-11-5-4-8-19-11/h6-7,9,11,15,17H,3-5,8,10H2,1-2H3. The van der Waals surface area contributed by atoms with E-state index in [-0.39, 0.29) is 0 Å². The fourth-order valence-electron chi connectivity index (χ4n) is 2.54. The van der Waals surface area contributed by atoms with Gasteiger partial charge in [-0.1, -0.05) is 22.0 Å². The lowest BCUT2D eigenvalue weighted by molar-refractivity contribution is 0.0953. The van der Waals surface area contributed by atoms with Gasteiger partial charge in [0.15, 0.2) is 0 Å². The largest absolute Gasteiger partial charge is 0.494 e. The monoisotopic (exact) mass is 327 g/mol. The van der Waals surface area contributed by atoms with Crippen molar-refractivity contribution in [2.24, 2.45) is 0 Å². The molecule has 1 saturated heterocycles. The Balaban J connectivity index is 2.08. The number of hydrogen-bond acceptors (Lipinski definition) is 3. The van der Waals surface area contributed by atoms with Gasteiger partial charge in [-0.25, -0.2) is 0 Å². The Morgan fingerprint density at radius 3 is 2.95 bits per heavy atom. The number of rotatable bonds is 6. The molecule has 2 unspecified atom stereocenters. The fraction of sp³-hybridized carbons (Fsp3) is 0.600. The van der Waals surface area contributed by atoms with Gasteiger partial charge in [0.05, 0.1) is 12.7 Å². The van der Waals surface area contributed by atoms with Crippen molar-refractivity contribution in [3.8, 4) is 5.75 Å². The second kappa shape index (κ2) is 7.27. The van der Waals surface area contributed by atoms with Crippen molar-refractivity contribution in [3.05, 3.63) is 28.2 Å². The van der Waals surface area contributed by atoms with Gasteiger partial charge in [0.25, 0.3) is 0 Å². The molecule has 0 amide bonds. The van der Waals surface area contributed by atoms with Crippen LogP contribution in [0.3, 0.4) is 0 Å². The summed E-state index contributed by atoms with van der Waals surface area (Å²) in [4.78, 5) is 0. The Hall–Kier alpha value is -0.580. The van der Waals surface area contributed by atoms with Gasteiger partial charge in [-0.2, -0.15) is 0 Å². The number of halogens is 1. The molecule has 1 fully saturated rings. The molecule has 3 nitrogen and oxygen atoms in total. The van der Waals surface area contributed by atoms with Crippen LogP contribution in [0.5, 0.6) is 5.75 Å². The SMILES string of the molecule is CCOc1ccc(C(CC2CCCO2)NC)c(Br)c1. The van der Waals surface area contributed by atoms with Crippen molar-refractivity contribution in [3.63, 3.8) is 0 Å². The van der Waals surface area contributed by atoms with Crippen LogP contribution in [-0.2, 0) is 4.74 Å². The van der Waals surface area contributed by atoms with E-state index in [9.17, 15) is 0 Å². The third-order valence-corrected chi connectivity index (χ3v) is 4.22. The molecule has 1 aliphatic rings. The van der Waals surface area contributed by atoms with Crippen LogP contribution in [0.1, 0.15) is 37.8 Å². The lowest BCUT2D eigenvalue weighted by Gasteiger charge is -2.21. The molecular weight excluding hydrogens is 306 g/mol. The lowest BCUT2D eigenvalue weighted by Crippen LogP contribution is -2.22. The molecule has 106 valence electrons. The summed E-state index contributed by atoms with van der Waals surface area (Å²) in [7, 11) is 2.00. The van der Waals surface area contributed by atoms with Crippen LogP contribution in [0, 0.1) is 0 Å². The highest BCUT2D eigenvalue weighted by molar-refractivity contribution is 9.10. The zero-order chi connectivity index (χ0) is 13.7. The van der Waals surface area contributed by atoms with E-state index >= 15 is 0 Å². The fourth-order valence-corrected chi connectivity index (χ4v) is 3.17. The van der Waals surface area contributed by atoms with Crippen molar-refractivity contribution in [2.45, 2.75) is 38.3 Å². The Morgan fingerprint density at radius 2 is 2.37 bits per heavy atom. The first kappa shape index (κ1) is 14.8. The summed E-state index contributed by atoms with van der Waals surface area (Å²) in [6.45, 7) is 3.60. The Labute approximate surface area is 123 Å². The minimum atomic E-state index is 0.313. The van der Waals surface area contributed by atoms with Crippen LogP contribution in [0.25, 0.3) is 0 Å². The summed E-state index contributed by atoms with van der Waals surface area (Å²) in [6, 6.07) is 6.51. The second-order valence-electron chi connectivity index (χ2n) is 4.83. The summed E-state index contributed by atoms with van der Waals surface area (Å²) in [5.74, 6) is 0.907. The summed E-state index contributed by atoms with van der Waals surface area (Å²) in [5.41, 5.74) is 1.27. The minimum Gasteiger partial charge on any atom is -0.494 e. The predicted octanol–water partition coefficient (Wildman–Crippen LogP) is 3.68. The van der Waals surface area contributed by atoms with E-state index in [2.05, 4.69) is 27.3 Å². The number of ether oxygens (including phenoxy) is 2. The number of benzene rings is 1. The van der Waals surface area contributed by atoms with E-state index in [4.69, 9.17) is 9.47 Å². The third kappa shape index (κ3) is 3.94. The number of hydrogen-bond donors (Lipinski definition) is 1. The van der Waals surface area contributed by atoms with Gasteiger partial charge in [0.1, 0.15) is 5.75 Å². The van der Waals surface area contributed by atoms with Crippen molar-refractivity contribution in [2.75, 3.05) is 20.3 Å². The van der Waals surface area contributed by atoms with E-state index in [1.807, 2.05) is 26.1 Å². The van der Waals surface area contributed by atoms with Gasteiger partial charge in [-0.05, 0) is 50.9 Å². The van der Waals surface area contributed by atoms with Crippen LogP contribution in [0.15, 0.2) is 22.7 Å². The normalized spacial score (nSPS) is 20.5. The van der Waals surface area contributed by atoms with Gasteiger partial charge >= 0.3 is 0 Å². The summed E-state index contributed by atoms with van der Waals surface area (Å²) < 4.78 is 12.3. The molecule has 0 aromatic heterocycles. The zero-order valence-corrected chi connectivity index (χ0v) is 13.2. The molecule has 1 heterocycles. The smallest absolute Gasteiger partial charge is 0.120 e. The molecule has 2 atom stereocenters. The lowest BCUT2D eigenvalue weighted by atomic mass is 9.99. The molecule has 1 aliphatic heterocycles. The van der Waals surface area contributed by atoms with Crippen LogP contribution in [0.2, 0.25) is 0 Å². The molecular formula is C15H22BrNO2. The van der Waals surface area contributed by atoms with Gasteiger partial charge in [-0.3, -0.25) is 0 Å². The van der Waals surface area contributed by atoms with Crippen LogP contribution >= 0.6 is 15.9 Å². The van der Waals surface area contributed by atoms with E-state index in [1.54, 1.807) is 0 Å². The van der Waals surface area contributed by atoms with E-state index in [0.717, 1.165) is 23.2 Å². The third-order valence-electron chi connectivity index (χ3n) is 3.53. The molecule has 0 spiro atoms. The van der Waals surface area contributed by atoms with Crippen LogP contribution < -0.4 is 10.1 Å². The van der Waals surface area contributed by atoms with Crippen molar-refractivity contribution in [1.82, 2.24) is 5.32 Å². The quantitative estimate of drug-likeness (QED) is 0.864. The Kier molecular flexibility index (Phi) is 5.67. The highest BCUT2D eigenvalue weighted by atomic mass is 79.9. The first-order chi connectivity index (χ1) is 9.24. The molecule has 0 radical (unpaired) electrons. The highest BCUT2D eigenvalue weighted by Gasteiger charge is 2.22. The summed E-state index contributed by atoms with van der Waals surface area (Å²) in [6.07, 6.45) is 3.76. The predicted molar refractivity (Wildman–Crippen MR) is 80.7 cm³/mol. The first-order valence-electron chi connectivity index (χ1n) is 6.95. The Morgan fingerprint density at radius 1 is 1.53 bits per heavy atom. The van der Waals surface area contributed by atoms with Gasteiger partial charge in [0.2, 0.25) is 0 Å². The molecule has 19 heavy (non-hydrogen) atoms. The van der Waals surface area contributed by atoms with E-state index in [0.29, 0.717) is 18.8 Å². The van der Waals surface area contributed by atoms with Gasteiger partial charge in [0, 0.05) is 17.1 Å². The molecule has 1 N–H and O–H groups in total. The molecule has 2 rings (SSSR count). The maximum atomic E-state index is 5.73. The maximum Gasteiger partial charge on any atom is 0.120 e. The number of nitrogens with one attached hydrogen (secondary N) is 1. The van der Waals surface area contributed by atoms with Crippen molar-refractivity contribution >= 4 is 15.9 Å². The molecule has 1 aromatic carbocycles. The van der Waals surface area contributed by atoms with Gasteiger partial charge in [-0.15, -0.1) is 0 Å². The average molecular weight is 328 g/mol. The van der Waals surface area contributed by atoms with Crippen LogP contribution in [-0.4, -0.2) is 26.4 Å². The van der Waals surface area contributed by atoms with E-state index < -0.39 is 0 Å². The minimum absolute atomic E-state index is 0.313. The second-order valence-corrected chi connectivity index (χ2v) is 5.68. The molecule has 0 aliphatic carbocycles. The zero-order valence-electron chi connectivity index (χ0n) is 11.6.